The zero-order chi connectivity index (χ0) is 20.3. The molecule has 5 nitrogen and oxygen atoms in total. The predicted octanol–water partition coefficient (Wildman–Crippen LogP) is 3.70. The van der Waals surface area contributed by atoms with Crippen LogP contribution in [0, 0.1) is 0 Å². The lowest BCUT2D eigenvalue weighted by Gasteiger charge is -2.19. The number of fused-ring (bicyclic) bond motifs is 1. The highest BCUT2D eigenvalue weighted by atomic mass is 32.2. The van der Waals surface area contributed by atoms with Gasteiger partial charge in [0.05, 0.1) is 10.9 Å². The summed E-state index contributed by atoms with van der Waals surface area (Å²) in [5.41, 5.74) is 4.15. The Hall–Kier alpha value is -2.18. The van der Waals surface area contributed by atoms with E-state index in [0.29, 0.717) is 18.7 Å². The molecule has 2 aromatic rings. The molecule has 150 valence electrons. The maximum Gasteiger partial charge on any atom is 0.251 e. The van der Waals surface area contributed by atoms with E-state index in [-0.39, 0.29) is 16.8 Å². The number of aryl methyl sites for hydroxylation is 2. The Kier molecular flexibility index (Phi) is 6.20. The lowest BCUT2D eigenvalue weighted by Crippen LogP contribution is -2.30. The van der Waals surface area contributed by atoms with Gasteiger partial charge in [-0.2, -0.15) is 4.31 Å². The molecule has 1 aliphatic rings. The molecule has 6 heteroatoms. The Morgan fingerprint density at radius 3 is 2.32 bits per heavy atom. The van der Waals surface area contributed by atoms with E-state index in [9.17, 15) is 13.2 Å². The van der Waals surface area contributed by atoms with Gasteiger partial charge in [-0.15, -0.1) is 0 Å². The molecule has 0 aliphatic heterocycles. The molecule has 0 heterocycles. The Balaban J connectivity index is 1.71. The highest BCUT2D eigenvalue weighted by Crippen LogP contribution is 2.24. The van der Waals surface area contributed by atoms with E-state index in [0.717, 1.165) is 24.8 Å². The molecule has 28 heavy (non-hydrogen) atoms. The fourth-order valence-electron chi connectivity index (χ4n) is 3.72. The van der Waals surface area contributed by atoms with Gasteiger partial charge in [0, 0.05) is 18.7 Å². The number of nitrogens with zero attached hydrogens (tertiary/aromatic N) is 1. The van der Waals surface area contributed by atoms with Crippen molar-refractivity contribution < 1.29 is 13.2 Å². The first-order valence-corrected chi connectivity index (χ1v) is 11.3. The van der Waals surface area contributed by atoms with Crippen LogP contribution < -0.4 is 5.32 Å². The fourth-order valence-corrected chi connectivity index (χ4v) is 5.18. The minimum Gasteiger partial charge on any atom is -0.346 e. The minimum atomic E-state index is -3.47. The second-order valence-electron chi connectivity index (χ2n) is 7.19. The second kappa shape index (κ2) is 8.45. The van der Waals surface area contributed by atoms with Crippen molar-refractivity contribution in [2.75, 3.05) is 13.1 Å². The van der Waals surface area contributed by atoms with E-state index in [4.69, 9.17) is 0 Å². The third kappa shape index (κ3) is 4.13. The van der Waals surface area contributed by atoms with Crippen LogP contribution in [0.3, 0.4) is 0 Å². The van der Waals surface area contributed by atoms with Crippen LogP contribution in [0.2, 0.25) is 0 Å². The monoisotopic (exact) mass is 400 g/mol. The summed E-state index contributed by atoms with van der Waals surface area (Å²) >= 11 is 0. The number of rotatable bonds is 7. The number of hydrogen-bond acceptors (Lipinski definition) is 3. The van der Waals surface area contributed by atoms with Crippen molar-refractivity contribution in [3.05, 3.63) is 64.7 Å². The fraction of sp³-hybridized carbons (Fsp3) is 0.409. The summed E-state index contributed by atoms with van der Waals surface area (Å²) in [6, 6.07) is 12.5. The zero-order valence-electron chi connectivity index (χ0n) is 16.7. The Morgan fingerprint density at radius 1 is 1.04 bits per heavy atom. The Bertz CT molecular complexity index is 948. The lowest BCUT2D eigenvalue weighted by molar-refractivity contribution is 0.0939. The molecule has 0 spiro atoms. The average molecular weight is 401 g/mol. The summed E-state index contributed by atoms with van der Waals surface area (Å²) in [5, 5.41) is 3.01. The molecule has 0 aromatic heterocycles. The van der Waals surface area contributed by atoms with Crippen LogP contribution in [0.5, 0.6) is 0 Å². The smallest absolute Gasteiger partial charge is 0.251 e. The molecule has 0 fully saturated rings. The van der Waals surface area contributed by atoms with Crippen molar-refractivity contribution in [3.63, 3.8) is 0 Å². The van der Waals surface area contributed by atoms with Crippen molar-refractivity contribution in [1.29, 1.82) is 0 Å². The molecule has 0 saturated carbocycles. The highest BCUT2D eigenvalue weighted by molar-refractivity contribution is 7.89. The molecule has 1 atom stereocenters. The lowest BCUT2D eigenvalue weighted by atomic mass is 10.0. The van der Waals surface area contributed by atoms with Crippen LogP contribution in [-0.2, 0) is 22.9 Å². The van der Waals surface area contributed by atoms with E-state index in [1.54, 1.807) is 24.3 Å². The molecule has 0 saturated heterocycles. The van der Waals surface area contributed by atoms with Crippen LogP contribution in [0.15, 0.2) is 47.4 Å². The molecule has 0 unspecified atom stereocenters. The second-order valence-corrected chi connectivity index (χ2v) is 9.13. The quantitative estimate of drug-likeness (QED) is 0.771. The molecular weight excluding hydrogens is 372 g/mol. The number of sulfonamides is 1. The number of amides is 1. The number of carbonyl (C=O) groups excluding carboxylic acids is 1. The van der Waals surface area contributed by atoms with E-state index in [1.807, 2.05) is 32.9 Å². The summed E-state index contributed by atoms with van der Waals surface area (Å²) in [5.74, 6) is -0.109. The molecule has 1 N–H and O–H groups in total. The molecule has 0 radical (unpaired) electrons. The number of benzene rings is 2. The van der Waals surface area contributed by atoms with Gasteiger partial charge in [-0.25, -0.2) is 8.42 Å². The van der Waals surface area contributed by atoms with Gasteiger partial charge in [0.25, 0.3) is 5.91 Å². The number of hydrogen-bond donors (Lipinski definition) is 1. The van der Waals surface area contributed by atoms with Gasteiger partial charge >= 0.3 is 0 Å². The van der Waals surface area contributed by atoms with Crippen LogP contribution >= 0.6 is 0 Å². The first kappa shape index (κ1) is 20.6. The third-order valence-electron chi connectivity index (χ3n) is 5.43. The standard InChI is InChI=1S/C22H28N2O3S/c1-4-24(5-2)28(26,27)21-13-11-17(12-14-21)16(3)23-22(25)20-10-9-18-7-6-8-19(18)15-20/h9-16H,4-8H2,1-3H3,(H,23,25)/t16-/m0/s1. The number of carbonyl (C=O) groups is 1. The van der Waals surface area contributed by atoms with Gasteiger partial charge in [0.1, 0.15) is 0 Å². The first-order chi connectivity index (χ1) is 13.4. The molecule has 2 aromatic carbocycles. The van der Waals surface area contributed by atoms with Crippen molar-refractivity contribution >= 4 is 15.9 Å². The number of nitrogens with one attached hydrogen (secondary N) is 1. The largest absolute Gasteiger partial charge is 0.346 e. The SMILES string of the molecule is CCN(CC)S(=O)(=O)c1ccc([C@H](C)NC(=O)c2ccc3c(c2)CCC3)cc1. The van der Waals surface area contributed by atoms with Gasteiger partial charge in [-0.05, 0) is 67.1 Å². The molecule has 3 rings (SSSR count). The summed E-state index contributed by atoms with van der Waals surface area (Å²) in [6.07, 6.45) is 3.28. The van der Waals surface area contributed by atoms with Crippen LogP contribution in [0.1, 0.15) is 60.3 Å². The van der Waals surface area contributed by atoms with Gasteiger partial charge in [-0.3, -0.25) is 4.79 Å². The van der Waals surface area contributed by atoms with E-state index < -0.39 is 10.0 Å². The first-order valence-electron chi connectivity index (χ1n) is 9.89. The predicted molar refractivity (Wildman–Crippen MR) is 111 cm³/mol. The maximum atomic E-state index is 12.6. The van der Waals surface area contributed by atoms with Gasteiger partial charge < -0.3 is 5.32 Å². The van der Waals surface area contributed by atoms with Crippen molar-refractivity contribution in [2.45, 2.75) is 51.0 Å². The van der Waals surface area contributed by atoms with Crippen molar-refractivity contribution in [1.82, 2.24) is 9.62 Å². The molecule has 0 bridgehead atoms. The van der Waals surface area contributed by atoms with Crippen LogP contribution in [-0.4, -0.2) is 31.7 Å². The molecule has 1 amide bonds. The third-order valence-corrected chi connectivity index (χ3v) is 7.50. The van der Waals surface area contributed by atoms with Gasteiger partial charge in [0.15, 0.2) is 0 Å². The zero-order valence-corrected chi connectivity index (χ0v) is 17.6. The normalized spacial score (nSPS) is 14.7. The summed E-state index contributed by atoms with van der Waals surface area (Å²) in [4.78, 5) is 12.9. The summed E-state index contributed by atoms with van der Waals surface area (Å²) in [7, 11) is -3.47. The highest BCUT2D eigenvalue weighted by Gasteiger charge is 2.22. The van der Waals surface area contributed by atoms with E-state index in [1.165, 1.54) is 15.4 Å². The van der Waals surface area contributed by atoms with Crippen LogP contribution in [0.4, 0.5) is 0 Å². The Morgan fingerprint density at radius 2 is 1.68 bits per heavy atom. The van der Waals surface area contributed by atoms with Crippen molar-refractivity contribution in [3.8, 4) is 0 Å². The van der Waals surface area contributed by atoms with E-state index >= 15 is 0 Å². The average Bonchev–Trinajstić information content (AvgIpc) is 3.16. The molecular formula is C22H28N2O3S. The van der Waals surface area contributed by atoms with Gasteiger partial charge in [0.2, 0.25) is 10.0 Å². The minimum absolute atomic E-state index is 0.109. The maximum absolute atomic E-state index is 12.6. The topological polar surface area (TPSA) is 66.5 Å². The molecule has 1 aliphatic carbocycles. The van der Waals surface area contributed by atoms with Crippen molar-refractivity contribution in [2.24, 2.45) is 0 Å². The Labute approximate surface area is 167 Å². The van der Waals surface area contributed by atoms with Gasteiger partial charge in [-0.1, -0.05) is 32.0 Å². The summed E-state index contributed by atoms with van der Waals surface area (Å²) < 4.78 is 26.6. The van der Waals surface area contributed by atoms with E-state index in [2.05, 4.69) is 11.4 Å². The van der Waals surface area contributed by atoms with Crippen LogP contribution in [0.25, 0.3) is 0 Å². The summed E-state index contributed by atoms with van der Waals surface area (Å²) in [6.45, 7) is 6.43.